The number of benzene rings is 4. The van der Waals surface area contributed by atoms with Gasteiger partial charge in [0.1, 0.15) is 5.75 Å². The Morgan fingerprint density at radius 3 is 2.29 bits per heavy atom. The van der Waals surface area contributed by atoms with Crippen LogP contribution in [0.1, 0.15) is 37.4 Å². The molecule has 0 spiro atoms. The molecule has 0 aliphatic carbocycles. The highest BCUT2D eigenvalue weighted by molar-refractivity contribution is 7.89. The number of sulfonamides is 1. The number of hydrogen-bond acceptors (Lipinski definition) is 6. The van der Waals surface area contributed by atoms with E-state index in [0.717, 1.165) is 33.4 Å². The van der Waals surface area contributed by atoms with E-state index in [1.807, 2.05) is 56.3 Å². The number of fused-ring (bicyclic) bond motifs is 1. The Balaban J connectivity index is 1.36. The number of hydrogen-bond donors (Lipinski definition) is 1. The van der Waals surface area contributed by atoms with E-state index < -0.39 is 10.0 Å². The average Bonchev–Trinajstić information content (AvgIpc) is 3.46. The number of anilines is 1. The van der Waals surface area contributed by atoms with Crippen LogP contribution in [0.15, 0.2) is 101 Å². The number of carbonyl (C=O) groups excluding carboxylic acids is 1. The van der Waals surface area contributed by atoms with Gasteiger partial charge < -0.3 is 10.1 Å². The zero-order valence-corrected chi connectivity index (χ0v) is 24.3. The Kier molecular flexibility index (Phi) is 8.37. The van der Waals surface area contributed by atoms with Crippen LogP contribution >= 0.6 is 0 Å². The number of ether oxygens (including phenoxy) is 1. The SMILES string of the molecule is CCN(CC)S(=O)(=O)c1ccc(NCC(=O)N2N=C(c3ccc4ccccc4c3)CC2c2ccc(OC)cc2)cc1. The van der Waals surface area contributed by atoms with Crippen LogP contribution in [0.25, 0.3) is 10.8 Å². The summed E-state index contributed by atoms with van der Waals surface area (Å²) in [6, 6.07) is 28.3. The molecule has 1 amide bonds. The van der Waals surface area contributed by atoms with Crippen LogP contribution in [0.2, 0.25) is 0 Å². The first kappa shape index (κ1) is 28.3. The highest BCUT2D eigenvalue weighted by atomic mass is 32.2. The molecule has 0 aromatic heterocycles. The molecule has 1 heterocycles. The summed E-state index contributed by atoms with van der Waals surface area (Å²) in [5.41, 5.74) is 3.44. The molecule has 0 saturated carbocycles. The Hall–Kier alpha value is -4.21. The second-order valence-corrected chi connectivity index (χ2v) is 11.7. The normalized spacial score (nSPS) is 15.3. The van der Waals surface area contributed by atoms with Gasteiger partial charge in [0.25, 0.3) is 5.91 Å². The minimum atomic E-state index is -3.55. The molecule has 0 saturated heterocycles. The number of hydrazone groups is 1. The van der Waals surface area contributed by atoms with Crippen LogP contribution < -0.4 is 10.1 Å². The molecule has 212 valence electrons. The Labute approximate surface area is 241 Å². The lowest BCUT2D eigenvalue weighted by Crippen LogP contribution is -2.32. The van der Waals surface area contributed by atoms with Crippen molar-refractivity contribution in [1.29, 1.82) is 0 Å². The highest BCUT2D eigenvalue weighted by Crippen LogP contribution is 2.34. The topological polar surface area (TPSA) is 91.3 Å². The van der Waals surface area contributed by atoms with Gasteiger partial charge in [-0.15, -0.1) is 0 Å². The molecule has 8 nitrogen and oxygen atoms in total. The van der Waals surface area contributed by atoms with Gasteiger partial charge in [0.2, 0.25) is 10.0 Å². The van der Waals surface area contributed by atoms with Crippen LogP contribution in [-0.2, 0) is 14.8 Å². The largest absolute Gasteiger partial charge is 0.497 e. The van der Waals surface area contributed by atoms with E-state index in [0.29, 0.717) is 25.2 Å². The molecule has 1 atom stereocenters. The third-order valence-electron chi connectivity index (χ3n) is 7.39. The summed E-state index contributed by atoms with van der Waals surface area (Å²) in [7, 11) is -1.92. The zero-order valence-electron chi connectivity index (χ0n) is 23.4. The van der Waals surface area contributed by atoms with Crippen molar-refractivity contribution in [3.8, 4) is 5.75 Å². The summed E-state index contributed by atoms with van der Waals surface area (Å²) in [5.74, 6) is 0.551. The van der Waals surface area contributed by atoms with Crippen molar-refractivity contribution < 1.29 is 17.9 Å². The summed E-state index contributed by atoms with van der Waals surface area (Å²) in [4.78, 5) is 13.8. The summed E-state index contributed by atoms with van der Waals surface area (Å²) >= 11 is 0. The highest BCUT2D eigenvalue weighted by Gasteiger charge is 2.33. The number of rotatable bonds is 10. The fourth-order valence-electron chi connectivity index (χ4n) is 5.09. The number of nitrogens with zero attached hydrogens (tertiary/aromatic N) is 3. The second kappa shape index (κ2) is 12.1. The molecular weight excluding hydrogens is 536 g/mol. The van der Waals surface area contributed by atoms with Crippen molar-refractivity contribution in [3.63, 3.8) is 0 Å². The molecule has 1 aliphatic heterocycles. The lowest BCUT2D eigenvalue weighted by molar-refractivity contribution is -0.131. The van der Waals surface area contributed by atoms with E-state index in [4.69, 9.17) is 9.84 Å². The maximum absolute atomic E-state index is 13.5. The van der Waals surface area contributed by atoms with Crippen LogP contribution in [0, 0.1) is 0 Å². The molecule has 41 heavy (non-hydrogen) atoms. The first-order valence-electron chi connectivity index (χ1n) is 13.7. The predicted octanol–water partition coefficient (Wildman–Crippen LogP) is 5.67. The molecule has 1 N–H and O–H groups in total. The minimum Gasteiger partial charge on any atom is -0.497 e. The Morgan fingerprint density at radius 1 is 0.951 bits per heavy atom. The molecule has 0 radical (unpaired) electrons. The van der Waals surface area contributed by atoms with Gasteiger partial charge in [-0.05, 0) is 64.4 Å². The Morgan fingerprint density at radius 2 is 1.63 bits per heavy atom. The van der Waals surface area contributed by atoms with E-state index >= 15 is 0 Å². The molecule has 0 fully saturated rings. The number of carbonyl (C=O) groups is 1. The molecule has 9 heteroatoms. The fraction of sp³-hybridized carbons (Fsp3) is 0.250. The quantitative estimate of drug-likeness (QED) is 0.265. The Bertz CT molecular complexity index is 1660. The molecule has 4 aromatic rings. The zero-order chi connectivity index (χ0) is 29.0. The smallest absolute Gasteiger partial charge is 0.262 e. The van der Waals surface area contributed by atoms with Gasteiger partial charge in [-0.1, -0.05) is 62.4 Å². The van der Waals surface area contributed by atoms with E-state index in [2.05, 4.69) is 29.6 Å². The van der Waals surface area contributed by atoms with E-state index in [9.17, 15) is 13.2 Å². The summed E-state index contributed by atoms with van der Waals surface area (Å²) in [6.45, 7) is 4.44. The number of methoxy groups -OCH3 is 1. The predicted molar refractivity (Wildman–Crippen MR) is 163 cm³/mol. The second-order valence-electron chi connectivity index (χ2n) is 9.81. The van der Waals surface area contributed by atoms with Crippen molar-refractivity contribution in [2.45, 2.75) is 31.2 Å². The molecule has 4 aromatic carbocycles. The van der Waals surface area contributed by atoms with Crippen LogP contribution in [0.5, 0.6) is 5.75 Å². The summed E-state index contributed by atoms with van der Waals surface area (Å²) < 4.78 is 32.3. The first-order valence-corrected chi connectivity index (χ1v) is 15.1. The maximum atomic E-state index is 13.5. The van der Waals surface area contributed by atoms with Gasteiger partial charge in [-0.25, -0.2) is 13.4 Å². The number of nitrogens with one attached hydrogen (secondary N) is 1. The van der Waals surface area contributed by atoms with Crippen LogP contribution in [-0.4, -0.2) is 56.1 Å². The molecule has 0 bridgehead atoms. The van der Waals surface area contributed by atoms with Crippen molar-refractivity contribution >= 4 is 38.1 Å². The standard InChI is InChI=1S/C32H34N4O4S/c1-4-35(5-2)41(38,39)29-18-14-27(15-19-29)33-22-32(37)36-31(24-12-16-28(40-3)17-13-24)21-30(34-36)26-11-10-23-8-6-7-9-25(23)20-26/h6-20,31,33H,4-5,21-22H2,1-3H3. The third kappa shape index (κ3) is 5.96. The van der Waals surface area contributed by atoms with Crippen molar-refractivity contribution in [3.05, 3.63) is 102 Å². The molecule has 1 unspecified atom stereocenters. The fourth-order valence-corrected chi connectivity index (χ4v) is 6.54. The summed E-state index contributed by atoms with van der Waals surface area (Å²) in [6.07, 6.45) is 0.578. The third-order valence-corrected chi connectivity index (χ3v) is 9.45. The first-order chi connectivity index (χ1) is 19.8. The van der Waals surface area contributed by atoms with Gasteiger partial charge >= 0.3 is 0 Å². The van der Waals surface area contributed by atoms with Crippen molar-refractivity contribution in [2.75, 3.05) is 32.1 Å². The minimum absolute atomic E-state index is 0.00327. The van der Waals surface area contributed by atoms with E-state index in [-0.39, 0.29) is 23.4 Å². The molecular formula is C32H34N4O4S. The van der Waals surface area contributed by atoms with Crippen molar-refractivity contribution in [2.24, 2.45) is 5.10 Å². The average molecular weight is 571 g/mol. The number of amides is 1. The van der Waals surface area contributed by atoms with Gasteiger partial charge in [0.15, 0.2) is 0 Å². The van der Waals surface area contributed by atoms with Crippen molar-refractivity contribution in [1.82, 2.24) is 9.31 Å². The monoisotopic (exact) mass is 570 g/mol. The van der Waals surface area contributed by atoms with Crippen LogP contribution in [0.4, 0.5) is 5.69 Å². The molecule has 5 rings (SSSR count). The summed E-state index contributed by atoms with van der Waals surface area (Å²) in [5, 5.41) is 11.8. The maximum Gasteiger partial charge on any atom is 0.262 e. The van der Waals surface area contributed by atoms with E-state index in [1.165, 1.54) is 4.31 Å². The van der Waals surface area contributed by atoms with E-state index in [1.54, 1.807) is 36.4 Å². The van der Waals surface area contributed by atoms with Gasteiger partial charge in [-0.3, -0.25) is 4.79 Å². The van der Waals surface area contributed by atoms with Gasteiger partial charge in [-0.2, -0.15) is 9.41 Å². The lowest BCUT2D eigenvalue weighted by atomic mass is 9.97. The van der Waals surface area contributed by atoms with Crippen LogP contribution in [0.3, 0.4) is 0 Å². The molecule has 1 aliphatic rings. The lowest BCUT2D eigenvalue weighted by Gasteiger charge is -2.23. The van der Waals surface area contributed by atoms with Gasteiger partial charge in [0.05, 0.1) is 30.3 Å². The van der Waals surface area contributed by atoms with Gasteiger partial charge in [0, 0.05) is 25.2 Å².